The molecule has 5 aliphatic rings. The fourth-order valence-electron chi connectivity index (χ4n) is 8.64. The van der Waals surface area contributed by atoms with Crippen LogP contribution in [0, 0.1) is 17.3 Å². The largest absolute Gasteiger partial charge is 0.497 e. The number of halogens is 2. The van der Waals surface area contributed by atoms with E-state index in [9.17, 15) is 36.4 Å². The zero-order chi connectivity index (χ0) is 40.9. The van der Waals surface area contributed by atoms with Gasteiger partial charge in [0.1, 0.15) is 35.6 Å². The number of carbonyl (C=O) groups is 4. The summed E-state index contributed by atoms with van der Waals surface area (Å²) in [6, 6.07) is 5.02. The van der Waals surface area contributed by atoms with Crippen molar-refractivity contribution >= 4 is 44.7 Å². The molecule has 3 heterocycles. The number of rotatable bonds is 7. The maximum Gasteiger partial charge on any atom is 0.408 e. The summed E-state index contributed by atoms with van der Waals surface area (Å²) in [4.78, 5) is 62.1. The zero-order valence-electron chi connectivity index (χ0n) is 32.9. The summed E-state index contributed by atoms with van der Waals surface area (Å²) in [5, 5.41) is 5.31. The lowest BCUT2D eigenvalue weighted by Gasteiger charge is -2.35. The number of hydrogen-bond acceptors (Lipinski definition) is 10. The van der Waals surface area contributed by atoms with Crippen molar-refractivity contribution in [2.75, 3.05) is 13.7 Å². The third-order valence-corrected chi connectivity index (χ3v) is 14.0. The Labute approximate surface area is 331 Å². The number of pyridine rings is 1. The predicted octanol–water partition coefficient (Wildman–Crippen LogP) is 4.77. The van der Waals surface area contributed by atoms with Gasteiger partial charge in [0.15, 0.2) is 0 Å². The second kappa shape index (κ2) is 15.8. The second-order valence-electron chi connectivity index (χ2n) is 17.5. The van der Waals surface area contributed by atoms with Gasteiger partial charge in [0.2, 0.25) is 34.1 Å². The number of alkyl halides is 2. The van der Waals surface area contributed by atoms with E-state index < -0.39 is 87.0 Å². The number of nitrogens with one attached hydrogen (secondary N) is 3. The first kappa shape index (κ1) is 40.9. The fraction of sp³-hybridized carbons (Fsp3) is 0.675. The van der Waals surface area contributed by atoms with Crippen LogP contribution in [0.3, 0.4) is 0 Å². The molecule has 3 saturated carbocycles. The summed E-state index contributed by atoms with van der Waals surface area (Å²) in [6.07, 6.45) is 1.94. The predicted molar refractivity (Wildman–Crippen MR) is 204 cm³/mol. The number of alkyl carbamates (subject to hydrolysis) is 1. The molecule has 7 atom stereocenters. The first-order chi connectivity index (χ1) is 27.0. The van der Waals surface area contributed by atoms with E-state index in [0.29, 0.717) is 42.8 Å². The van der Waals surface area contributed by atoms with Gasteiger partial charge >= 0.3 is 6.09 Å². The van der Waals surface area contributed by atoms with Gasteiger partial charge < -0.3 is 29.7 Å². The molecule has 0 unspecified atom stereocenters. The van der Waals surface area contributed by atoms with Crippen LogP contribution in [-0.4, -0.2) is 97.3 Å². The number of nitrogens with zero attached hydrogens (tertiary/aromatic N) is 2. The second-order valence-corrected chi connectivity index (χ2v) is 19.4. The van der Waals surface area contributed by atoms with Crippen molar-refractivity contribution in [3.63, 3.8) is 0 Å². The Morgan fingerprint density at radius 2 is 1.79 bits per heavy atom. The van der Waals surface area contributed by atoms with Crippen LogP contribution in [0.4, 0.5) is 13.6 Å². The van der Waals surface area contributed by atoms with Gasteiger partial charge in [-0.25, -0.2) is 27.0 Å². The summed E-state index contributed by atoms with van der Waals surface area (Å²) >= 11 is 0. The van der Waals surface area contributed by atoms with Gasteiger partial charge in [-0.1, -0.05) is 33.6 Å². The molecule has 1 aromatic carbocycles. The number of methoxy groups -OCH3 is 1. The normalized spacial score (nSPS) is 29.9. The van der Waals surface area contributed by atoms with Crippen molar-refractivity contribution in [1.82, 2.24) is 25.2 Å². The van der Waals surface area contributed by atoms with Crippen molar-refractivity contribution in [2.45, 2.75) is 139 Å². The van der Waals surface area contributed by atoms with Crippen molar-refractivity contribution in [1.29, 1.82) is 0 Å². The minimum atomic E-state index is -4.13. The SMILES string of the molecule is COc1ccc2cc3c(nc2c1)O[C@@H]1C[C@@H](C(=O)N[C@]2(C(=O)NS(=O)(=O)C4CC4)C[C@H]2C(F)F)N(C1)C(=O)[C@H](C(C)(C)C)NC(=O)O[C@@H]1CCC[C@H]1CCCCC3. The Morgan fingerprint density at radius 1 is 1.04 bits per heavy atom. The van der Waals surface area contributed by atoms with Crippen LogP contribution >= 0.6 is 0 Å². The van der Waals surface area contributed by atoms with Crippen LogP contribution in [-0.2, 0) is 35.6 Å². The third-order valence-electron chi connectivity index (χ3n) is 12.2. The topological polar surface area (TPSA) is 182 Å². The molecule has 0 radical (unpaired) electrons. The number of benzene rings is 1. The molecule has 4 fully saturated rings. The Kier molecular flexibility index (Phi) is 11.3. The van der Waals surface area contributed by atoms with Crippen LogP contribution in [0.5, 0.6) is 11.6 Å². The van der Waals surface area contributed by atoms with Gasteiger partial charge in [-0.05, 0) is 87.3 Å². The summed E-state index contributed by atoms with van der Waals surface area (Å²) in [7, 11) is -2.57. The van der Waals surface area contributed by atoms with Crippen molar-refractivity contribution in [3.8, 4) is 11.6 Å². The summed E-state index contributed by atoms with van der Waals surface area (Å²) in [5.41, 5.74) is -1.64. The average Bonchev–Trinajstić information content (AvgIpc) is 4.05. The first-order valence-electron chi connectivity index (χ1n) is 20.1. The molecular weight excluding hydrogens is 765 g/mol. The number of aryl methyl sites for hydroxylation is 1. The highest BCUT2D eigenvalue weighted by Crippen LogP contribution is 2.48. The minimum absolute atomic E-state index is 0.114. The van der Waals surface area contributed by atoms with Crippen molar-refractivity contribution in [2.24, 2.45) is 17.3 Å². The van der Waals surface area contributed by atoms with Gasteiger partial charge in [0.25, 0.3) is 5.91 Å². The van der Waals surface area contributed by atoms with Crippen LogP contribution in [0.2, 0.25) is 0 Å². The molecule has 2 aliphatic heterocycles. The van der Waals surface area contributed by atoms with Crippen LogP contribution in [0.15, 0.2) is 24.3 Å². The number of fused-ring (bicyclic) bond motifs is 5. The first-order valence-corrected chi connectivity index (χ1v) is 21.6. The van der Waals surface area contributed by atoms with Gasteiger partial charge in [-0.3, -0.25) is 19.1 Å². The van der Waals surface area contributed by atoms with E-state index >= 15 is 0 Å². The highest BCUT2D eigenvalue weighted by atomic mass is 32.2. The number of sulfonamides is 1. The summed E-state index contributed by atoms with van der Waals surface area (Å²) in [5.74, 6) is -3.34. The molecule has 7 rings (SSSR count). The Morgan fingerprint density at radius 3 is 2.47 bits per heavy atom. The molecule has 4 amide bonds. The lowest BCUT2D eigenvalue weighted by atomic mass is 9.85. The van der Waals surface area contributed by atoms with Crippen LogP contribution < -0.4 is 24.8 Å². The molecule has 3 N–H and O–H groups in total. The summed E-state index contributed by atoms with van der Waals surface area (Å²) < 4.78 is 73.7. The number of amides is 4. The number of carbonyl (C=O) groups excluding carboxylic acids is 4. The molecule has 57 heavy (non-hydrogen) atoms. The maximum absolute atomic E-state index is 14.7. The van der Waals surface area contributed by atoms with Crippen LogP contribution in [0.1, 0.15) is 97.0 Å². The molecule has 1 aromatic heterocycles. The zero-order valence-corrected chi connectivity index (χ0v) is 33.7. The Bertz CT molecular complexity index is 2010. The molecule has 3 aliphatic carbocycles. The van der Waals surface area contributed by atoms with Crippen molar-refractivity contribution < 1.29 is 50.6 Å². The highest BCUT2D eigenvalue weighted by molar-refractivity contribution is 7.91. The molecule has 2 bridgehead atoms. The van der Waals surface area contributed by atoms with Crippen LogP contribution in [0.25, 0.3) is 10.9 Å². The quantitative estimate of drug-likeness (QED) is 0.352. The Hall–Kier alpha value is -4.28. The number of aromatic nitrogens is 1. The highest BCUT2D eigenvalue weighted by Gasteiger charge is 2.67. The van der Waals surface area contributed by atoms with Gasteiger partial charge in [-0.2, -0.15) is 0 Å². The van der Waals surface area contributed by atoms with Gasteiger partial charge in [-0.15, -0.1) is 0 Å². The van der Waals surface area contributed by atoms with Crippen molar-refractivity contribution in [3.05, 3.63) is 29.8 Å². The van der Waals surface area contributed by atoms with E-state index in [4.69, 9.17) is 19.2 Å². The molecule has 14 nitrogen and oxygen atoms in total. The molecule has 17 heteroatoms. The van der Waals surface area contributed by atoms with E-state index in [0.717, 1.165) is 49.5 Å². The number of hydrogen-bond donors (Lipinski definition) is 3. The smallest absolute Gasteiger partial charge is 0.408 e. The third kappa shape index (κ3) is 8.77. The fourth-order valence-corrected chi connectivity index (χ4v) is 10.0. The summed E-state index contributed by atoms with van der Waals surface area (Å²) in [6.45, 7) is 5.14. The lowest BCUT2D eigenvalue weighted by molar-refractivity contribution is -0.143. The van der Waals surface area contributed by atoms with E-state index in [1.165, 1.54) is 4.90 Å². The molecule has 0 spiro atoms. The maximum atomic E-state index is 14.7. The van der Waals surface area contributed by atoms with E-state index in [1.54, 1.807) is 33.9 Å². The molecule has 2 aromatic rings. The van der Waals surface area contributed by atoms with Gasteiger partial charge in [0.05, 0.1) is 30.3 Å². The molecule has 1 saturated heterocycles. The minimum Gasteiger partial charge on any atom is -0.497 e. The van der Waals surface area contributed by atoms with Gasteiger partial charge in [0, 0.05) is 23.4 Å². The van der Waals surface area contributed by atoms with E-state index in [1.807, 2.05) is 22.9 Å². The molecular formula is C40H53F2N5O9S. The standard InChI is InChI=1S/C40H53F2N5O9S/c1-39(2,3)32-36(49)47-21-26(19-30(47)34(48)45-40(20-28(40)33(41)42)37(50)46-57(52,53)27-15-16-27)55-35-24(17-23-13-14-25(54-4)18-29(23)43-35)10-7-5-6-9-22-11-8-12-31(22)56-38(51)44-32/h13-14,17-18,22,26-28,30-33H,5-12,15-16,19-21H2,1-4H3,(H,44,51)(H,45,48)(H,46,50)/t22-,26-,28+,30+,31-,32-,40-/m1/s1. The number of ether oxygens (including phenoxy) is 3. The molecule has 312 valence electrons. The Balaban J connectivity index is 1.23. The lowest BCUT2D eigenvalue weighted by Crippen LogP contribution is -2.60. The van der Waals surface area contributed by atoms with E-state index in [2.05, 4.69) is 10.6 Å². The average molecular weight is 818 g/mol. The monoisotopic (exact) mass is 817 g/mol. The van der Waals surface area contributed by atoms with E-state index in [-0.39, 0.29) is 25.0 Å².